The molecule has 0 spiro atoms. The molecule has 4 heteroatoms. The number of rotatable bonds is 5. The van der Waals surface area contributed by atoms with Crippen LogP contribution in [0.3, 0.4) is 0 Å². The minimum absolute atomic E-state index is 0.232. The van der Waals surface area contributed by atoms with Crippen LogP contribution in [-0.4, -0.2) is 21.5 Å². The molecule has 1 heterocycles. The molecule has 0 aliphatic carbocycles. The quantitative estimate of drug-likeness (QED) is 0.908. The van der Waals surface area contributed by atoms with Crippen LogP contribution in [0.15, 0.2) is 18.2 Å². The zero-order valence-electron chi connectivity index (χ0n) is 13.1. The maximum absolute atomic E-state index is 4.35. The van der Waals surface area contributed by atoms with Crippen molar-refractivity contribution in [1.29, 1.82) is 0 Å². The predicted octanol–water partition coefficient (Wildman–Crippen LogP) is 3.25. The van der Waals surface area contributed by atoms with Crippen molar-refractivity contribution >= 4 is 0 Å². The van der Waals surface area contributed by atoms with Crippen LogP contribution < -0.4 is 5.32 Å². The molecule has 0 bridgehead atoms. The third-order valence-electron chi connectivity index (χ3n) is 3.78. The van der Waals surface area contributed by atoms with Crippen molar-refractivity contribution in [3.8, 4) is 5.69 Å². The Kier molecular flexibility index (Phi) is 4.55. The molecule has 4 nitrogen and oxygen atoms in total. The van der Waals surface area contributed by atoms with Gasteiger partial charge in [0.05, 0.1) is 17.4 Å². The molecule has 2 rings (SSSR count). The lowest BCUT2D eigenvalue weighted by atomic mass is 10.1. The maximum atomic E-state index is 4.35. The Morgan fingerprint density at radius 2 is 1.95 bits per heavy atom. The zero-order chi connectivity index (χ0) is 14.7. The number of aryl methyl sites for hydroxylation is 2. The van der Waals surface area contributed by atoms with Gasteiger partial charge in [-0.15, -0.1) is 5.10 Å². The highest BCUT2D eigenvalue weighted by molar-refractivity contribution is 5.40. The summed E-state index contributed by atoms with van der Waals surface area (Å²) in [4.78, 5) is 0. The van der Waals surface area contributed by atoms with Crippen LogP contribution in [0.25, 0.3) is 5.69 Å². The first kappa shape index (κ1) is 14.7. The Bertz CT molecular complexity index is 586. The summed E-state index contributed by atoms with van der Waals surface area (Å²) in [7, 11) is 0. The number of aromatic nitrogens is 3. The van der Waals surface area contributed by atoms with Gasteiger partial charge in [0, 0.05) is 0 Å². The molecule has 1 N–H and O–H groups in total. The van der Waals surface area contributed by atoms with Crippen LogP contribution in [-0.2, 0) is 0 Å². The number of hydrogen-bond donors (Lipinski definition) is 1. The molecule has 0 fully saturated rings. The van der Waals surface area contributed by atoms with Crippen LogP contribution in [0.2, 0.25) is 0 Å². The number of hydrogen-bond acceptors (Lipinski definition) is 3. The predicted molar refractivity (Wildman–Crippen MR) is 82.3 cm³/mol. The van der Waals surface area contributed by atoms with Crippen molar-refractivity contribution in [2.24, 2.45) is 0 Å². The van der Waals surface area contributed by atoms with E-state index in [9.17, 15) is 0 Å². The third-order valence-corrected chi connectivity index (χ3v) is 3.78. The molecule has 0 aliphatic heterocycles. The van der Waals surface area contributed by atoms with Gasteiger partial charge in [-0.1, -0.05) is 18.2 Å². The van der Waals surface area contributed by atoms with E-state index >= 15 is 0 Å². The SMILES string of the molecule is CCCNC(C)c1nnn(-c2ccc(C)c(C)c2)c1C. The lowest BCUT2D eigenvalue weighted by Gasteiger charge is -2.12. The molecule has 108 valence electrons. The standard InChI is InChI=1S/C16H24N4/c1-6-9-17-13(4)16-14(5)20(19-18-16)15-8-7-11(2)12(3)10-15/h7-8,10,13,17H,6,9H2,1-5H3. The molecule has 2 aromatic rings. The molecule has 1 atom stereocenters. The Labute approximate surface area is 121 Å². The first-order valence-electron chi connectivity index (χ1n) is 7.27. The van der Waals surface area contributed by atoms with E-state index in [1.165, 1.54) is 11.1 Å². The van der Waals surface area contributed by atoms with Crippen LogP contribution >= 0.6 is 0 Å². The summed E-state index contributed by atoms with van der Waals surface area (Å²) in [6, 6.07) is 6.61. The minimum Gasteiger partial charge on any atom is -0.309 e. The molecule has 1 aromatic carbocycles. The van der Waals surface area contributed by atoms with Crippen molar-refractivity contribution in [1.82, 2.24) is 20.3 Å². The van der Waals surface area contributed by atoms with E-state index in [0.29, 0.717) is 0 Å². The van der Waals surface area contributed by atoms with Crippen LogP contribution in [0, 0.1) is 20.8 Å². The van der Waals surface area contributed by atoms with E-state index in [4.69, 9.17) is 0 Å². The van der Waals surface area contributed by atoms with Gasteiger partial charge in [-0.2, -0.15) is 0 Å². The molecule has 20 heavy (non-hydrogen) atoms. The van der Waals surface area contributed by atoms with E-state index in [1.807, 2.05) is 4.68 Å². The van der Waals surface area contributed by atoms with Crippen molar-refractivity contribution in [2.75, 3.05) is 6.54 Å². The summed E-state index contributed by atoms with van der Waals surface area (Å²) in [5.74, 6) is 0. The molecule has 0 saturated carbocycles. The molecular formula is C16H24N4. The fourth-order valence-corrected chi connectivity index (χ4v) is 2.30. The number of nitrogens with one attached hydrogen (secondary N) is 1. The Balaban J connectivity index is 2.30. The molecule has 0 aliphatic rings. The third kappa shape index (κ3) is 2.90. The summed E-state index contributed by atoms with van der Waals surface area (Å²) < 4.78 is 1.92. The smallest absolute Gasteiger partial charge is 0.103 e. The van der Waals surface area contributed by atoms with E-state index < -0.39 is 0 Å². The van der Waals surface area contributed by atoms with Gasteiger partial charge in [0.25, 0.3) is 0 Å². The number of nitrogens with zero attached hydrogens (tertiary/aromatic N) is 3. The minimum atomic E-state index is 0.232. The maximum Gasteiger partial charge on any atom is 0.103 e. The Morgan fingerprint density at radius 3 is 2.60 bits per heavy atom. The van der Waals surface area contributed by atoms with Gasteiger partial charge >= 0.3 is 0 Å². The molecule has 0 radical (unpaired) electrons. The van der Waals surface area contributed by atoms with Gasteiger partial charge in [-0.05, 0) is 63.9 Å². The van der Waals surface area contributed by atoms with Crippen LogP contribution in [0.5, 0.6) is 0 Å². The summed E-state index contributed by atoms with van der Waals surface area (Å²) in [6.07, 6.45) is 1.12. The average molecular weight is 272 g/mol. The second kappa shape index (κ2) is 6.18. The van der Waals surface area contributed by atoms with E-state index in [1.54, 1.807) is 0 Å². The first-order chi connectivity index (χ1) is 9.54. The normalized spacial score (nSPS) is 12.7. The van der Waals surface area contributed by atoms with Crippen molar-refractivity contribution in [2.45, 2.75) is 47.1 Å². The van der Waals surface area contributed by atoms with Gasteiger partial charge < -0.3 is 5.32 Å². The van der Waals surface area contributed by atoms with Crippen molar-refractivity contribution in [3.63, 3.8) is 0 Å². The fourth-order valence-electron chi connectivity index (χ4n) is 2.30. The van der Waals surface area contributed by atoms with Crippen LogP contribution in [0.4, 0.5) is 0 Å². The molecule has 0 saturated heterocycles. The Morgan fingerprint density at radius 1 is 1.20 bits per heavy atom. The van der Waals surface area contributed by atoms with E-state index in [-0.39, 0.29) is 6.04 Å². The van der Waals surface area contributed by atoms with Gasteiger partial charge in [-0.3, -0.25) is 0 Å². The second-order valence-corrected chi connectivity index (χ2v) is 5.42. The molecule has 1 unspecified atom stereocenters. The summed E-state index contributed by atoms with van der Waals surface area (Å²) >= 11 is 0. The summed E-state index contributed by atoms with van der Waals surface area (Å²) in [6.45, 7) is 11.6. The van der Waals surface area contributed by atoms with Gasteiger partial charge in [0.1, 0.15) is 5.69 Å². The van der Waals surface area contributed by atoms with Crippen molar-refractivity contribution in [3.05, 3.63) is 40.7 Å². The molecular weight excluding hydrogens is 248 g/mol. The van der Waals surface area contributed by atoms with Crippen molar-refractivity contribution < 1.29 is 0 Å². The lowest BCUT2D eigenvalue weighted by molar-refractivity contribution is 0.555. The average Bonchev–Trinajstić information content (AvgIpc) is 2.81. The van der Waals surface area contributed by atoms with Gasteiger partial charge in [-0.25, -0.2) is 4.68 Å². The van der Waals surface area contributed by atoms with Crippen LogP contribution in [0.1, 0.15) is 48.8 Å². The number of benzene rings is 1. The largest absolute Gasteiger partial charge is 0.309 e. The zero-order valence-corrected chi connectivity index (χ0v) is 13.1. The highest BCUT2D eigenvalue weighted by Gasteiger charge is 2.15. The second-order valence-electron chi connectivity index (χ2n) is 5.42. The molecule has 0 amide bonds. The molecule has 1 aromatic heterocycles. The van der Waals surface area contributed by atoms with E-state index in [0.717, 1.165) is 30.0 Å². The van der Waals surface area contributed by atoms with E-state index in [2.05, 4.69) is 68.4 Å². The summed E-state index contributed by atoms with van der Waals surface area (Å²) in [5, 5.41) is 12.1. The highest BCUT2D eigenvalue weighted by Crippen LogP contribution is 2.19. The van der Waals surface area contributed by atoms with Gasteiger partial charge in [0.2, 0.25) is 0 Å². The highest BCUT2D eigenvalue weighted by atomic mass is 15.4. The lowest BCUT2D eigenvalue weighted by Crippen LogP contribution is -2.20. The monoisotopic (exact) mass is 272 g/mol. The Hall–Kier alpha value is -1.68. The van der Waals surface area contributed by atoms with Gasteiger partial charge in [0.15, 0.2) is 0 Å². The summed E-state index contributed by atoms with van der Waals surface area (Å²) in [5.41, 5.74) is 5.77. The fraction of sp³-hybridized carbons (Fsp3) is 0.500. The topological polar surface area (TPSA) is 42.7 Å². The first-order valence-corrected chi connectivity index (χ1v) is 7.27.